The van der Waals surface area contributed by atoms with Crippen LogP contribution in [0.5, 0.6) is 0 Å². The molecule has 2 rings (SSSR count). The van der Waals surface area contributed by atoms with Crippen molar-refractivity contribution in [2.75, 3.05) is 4.90 Å². The molecule has 0 aliphatic rings. The number of nitrogens with zero attached hydrogens (tertiary/aromatic N) is 2. The lowest BCUT2D eigenvalue weighted by Crippen LogP contribution is -2.45. The standard InChI is InChI=1S/C16H21N3O2.ClH/c1-10-14(11(2)18-17-10)12-6-8-13(9-7-12)19(15(20)21)16(3,4)5;/h6-9H,1-5H3,(H,17,18)(H,20,21);1H. The molecule has 0 bridgehead atoms. The van der Waals surface area contributed by atoms with Gasteiger partial charge in [-0.2, -0.15) is 5.10 Å². The molecule has 5 nitrogen and oxygen atoms in total. The fourth-order valence-electron chi connectivity index (χ4n) is 2.54. The predicted molar refractivity (Wildman–Crippen MR) is 91.0 cm³/mol. The van der Waals surface area contributed by atoms with Gasteiger partial charge in [0.2, 0.25) is 0 Å². The lowest BCUT2D eigenvalue weighted by Gasteiger charge is -2.33. The molecule has 1 heterocycles. The molecule has 0 unspecified atom stereocenters. The summed E-state index contributed by atoms with van der Waals surface area (Å²) < 4.78 is 0. The van der Waals surface area contributed by atoms with E-state index in [1.807, 2.05) is 58.9 Å². The van der Waals surface area contributed by atoms with Gasteiger partial charge in [-0.1, -0.05) is 12.1 Å². The molecular weight excluding hydrogens is 302 g/mol. The summed E-state index contributed by atoms with van der Waals surface area (Å²) in [6, 6.07) is 7.53. The summed E-state index contributed by atoms with van der Waals surface area (Å²) in [7, 11) is 0. The molecule has 0 saturated heterocycles. The van der Waals surface area contributed by atoms with E-state index in [0.717, 1.165) is 22.5 Å². The summed E-state index contributed by atoms with van der Waals surface area (Å²) in [5.41, 5.74) is 4.21. The minimum atomic E-state index is -0.953. The van der Waals surface area contributed by atoms with Crippen LogP contribution < -0.4 is 4.90 Å². The van der Waals surface area contributed by atoms with Crippen molar-refractivity contribution in [1.29, 1.82) is 0 Å². The number of aryl methyl sites for hydroxylation is 2. The second kappa shape index (κ2) is 6.40. The van der Waals surface area contributed by atoms with E-state index in [1.54, 1.807) is 0 Å². The number of hydrogen-bond donors (Lipinski definition) is 2. The number of H-pyrrole nitrogens is 1. The molecule has 120 valence electrons. The van der Waals surface area contributed by atoms with Crippen molar-refractivity contribution in [3.8, 4) is 11.1 Å². The number of halogens is 1. The summed E-state index contributed by atoms with van der Waals surface area (Å²) in [5, 5.41) is 16.6. The third-order valence-corrected chi connectivity index (χ3v) is 3.40. The van der Waals surface area contributed by atoms with Gasteiger partial charge >= 0.3 is 6.09 Å². The summed E-state index contributed by atoms with van der Waals surface area (Å²) in [5.74, 6) is 0. The molecular formula is C16H22ClN3O2. The van der Waals surface area contributed by atoms with Crippen molar-refractivity contribution < 1.29 is 9.90 Å². The van der Waals surface area contributed by atoms with Crippen LogP contribution in [0, 0.1) is 13.8 Å². The van der Waals surface area contributed by atoms with E-state index in [2.05, 4.69) is 10.2 Å². The van der Waals surface area contributed by atoms with Crippen molar-refractivity contribution in [3.63, 3.8) is 0 Å². The van der Waals surface area contributed by atoms with Gasteiger partial charge in [0.15, 0.2) is 0 Å². The van der Waals surface area contributed by atoms with Crippen molar-refractivity contribution in [3.05, 3.63) is 35.7 Å². The molecule has 0 aliphatic heterocycles. The van der Waals surface area contributed by atoms with E-state index in [0.29, 0.717) is 5.69 Å². The van der Waals surface area contributed by atoms with E-state index in [4.69, 9.17) is 0 Å². The van der Waals surface area contributed by atoms with Crippen LogP contribution in [-0.2, 0) is 0 Å². The van der Waals surface area contributed by atoms with Crippen molar-refractivity contribution in [2.24, 2.45) is 0 Å². The number of nitrogens with one attached hydrogen (secondary N) is 1. The van der Waals surface area contributed by atoms with Crippen LogP contribution >= 0.6 is 12.4 Å². The highest BCUT2D eigenvalue weighted by molar-refractivity contribution is 5.88. The highest BCUT2D eigenvalue weighted by atomic mass is 35.5. The van der Waals surface area contributed by atoms with E-state index in [9.17, 15) is 9.90 Å². The smallest absolute Gasteiger partial charge is 0.412 e. The van der Waals surface area contributed by atoms with Crippen LogP contribution in [0.25, 0.3) is 11.1 Å². The van der Waals surface area contributed by atoms with Crippen LogP contribution in [0.15, 0.2) is 24.3 Å². The zero-order chi connectivity index (χ0) is 15.8. The quantitative estimate of drug-likeness (QED) is 0.860. The first-order valence-corrected chi connectivity index (χ1v) is 6.87. The number of carboxylic acid groups (broad SMARTS) is 1. The Kier molecular flexibility index (Phi) is 5.25. The molecule has 0 aliphatic carbocycles. The van der Waals surface area contributed by atoms with Crippen molar-refractivity contribution in [2.45, 2.75) is 40.2 Å². The summed E-state index contributed by atoms with van der Waals surface area (Å²) in [4.78, 5) is 12.8. The van der Waals surface area contributed by atoms with Crippen molar-refractivity contribution >= 4 is 24.2 Å². The van der Waals surface area contributed by atoms with Gasteiger partial charge in [-0.15, -0.1) is 12.4 Å². The zero-order valence-electron chi connectivity index (χ0n) is 13.5. The Morgan fingerprint density at radius 1 is 1.18 bits per heavy atom. The number of aromatic amines is 1. The number of rotatable bonds is 2. The first kappa shape index (κ1) is 18.0. The number of carbonyl (C=O) groups is 1. The topological polar surface area (TPSA) is 69.2 Å². The molecule has 0 fully saturated rings. The molecule has 2 aromatic rings. The number of amides is 1. The highest BCUT2D eigenvalue weighted by Gasteiger charge is 2.27. The zero-order valence-corrected chi connectivity index (χ0v) is 14.3. The molecule has 1 amide bonds. The lowest BCUT2D eigenvalue weighted by atomic mass is 10.0. The van der Waals surface area contributed by atoms with Gasteiger partial charge in [0.25, 0.3) is 0 Å². The van der Waals surface area contributed by atoms with Crippen molar-refractivity contribution in [1.82, 2.24) is 10.2 Å². The lowest BCUT2D eigenvalue weighted by molar-refractivity contribution is 0.195. The summed E-state index contributed by atoms with van der Waals surface area (Å²) in [6.45, 7) is 9.55. The Morgan fingerprint density at radius 3 is 2.09 bits per heavy atom. The van der Waals surface area contributed by atoms with Gasteiger partial charge < -0.3 is 5.11 Å². The van der Waals surface area contributed by atoms with Crippen LogP contribution in [0.2, 0.25) is 0 Å². The number of hydrogen-bond acceptors (Lipinski definition) is 2. The van der Waals surface area contributed by atoms with E-state index in [1.165, 1.54) is 4.90 Å². The van der Waals surface area contributed by atoms with Gasteiger partial charge in [-0.3, -0.25) is 10.00 Å². The molecule has 0 radical (unpaired) electrons. The summed E-state index contributed by atoms with van der Waals surface area (Å²) >= 11 is 0. The molecule has 2 N–H and O–H groups in total. The molecule has 6 heteroatoms. The largest absolute Gasteiger partial charge is 0.465 e. The van der Waals surface area contributed by atoms with Crippen LogP contribution in [0.4, 0.5) is 10.5 Å². The highest BCUT2D eigenvalue weighted by Crippen LogP contribution is 2.29. The third-order valence-electron chi connectivity index (χ3n) is 3.40. The monoisotopic (exact) mass is 323 g/mol. The maximum atomic E-state index is 11.5. The van der Waals surface area contributed by atoms with Gasteiger partial charge in [-0.25, -0.2) is 4.79 Å². The first-order chi connectivity index (χ1) is 9.71. The molecule has 1 aromatic carbocycles. The molecule has 22 heavy (non-hydrogen) atoms. The second-order valence-electron chi connectivity index (χ2n) is 6.14. The van der Waals surface area contributed by atoms with Crippen LogP contribution in [-0.4, -0.2) is 26.9 Å². The average molecular weight is 324 g/mol. The third kappa shape index (κ3) is 3.42. The fourth-order valence-corrected chi connectivity index (χ4v) is 2.54. The second-order valence-corrected chi connectivity index (χ2v) is 6.14. The Morgan fingerprint density at radius 2 is 1.73 bits per heavy atom. The molecule has 0 atom stereocenters. The van der Waals surface area contributed by atoms with Gasteiger partial charge in [0.1, 0.15) is 0 Å². The van der Waals surface area contributed by atoms with E-state index < -0.39 is 11.6 Å². The Bertz CT molecular complexity index is 638. The Balaban J connectivity index is 0.00000242. The van der Waals surface area contributed by atoms with E-state index >= 15 is 0 Å². The van der Waals surface area contributed by atoms with Crippen LogP contribution in [0.3, 0.4) is 0 Å². The van der Waals surface area contributed by atoms with Gasteiger partial charge in [0.05, 0.1) is 5.69 Å². The molecule has 0 spiro atoms. The number of anilines is 1. The predicted octanol–water partition coefficient (Wildman–Crippen LogP) is 4.40. The Hall–Kier alpha value is -2.01. The van der Waals surface area contributed by atoms with Crippen LogP contribution in [0.1, 0.15) is 32.2 Å². The average Bonchev–Trinajstić information content (AvgIpc) is 2.68. The first-order valence-electron chi connectivity index (χ1n) is 6.87. The SMILES string of the molecule is Cc1n[nH]c(C)c1-c1ccc(N(C(=O)O)C(C)(C)C)cc1.Cl. The normalized spacial score (nSPS) is 11.0. The Labute approximate surface area is 136 Å². The minimum absolute atomic E-state index is 0. The fraction of sp³-hybridized carbons (Fsp3) is 0.375. The maximum Gasteiger partial charge on any atom is 0.412 e. The van der Waals surface area contributed by atoms with Gasteiger partial charge in [0, 0.05) is 22.5 Å². The molecule has 0 saturated carbocycles. The maximum absolute atomic E-state index is 11.5. The minimum Gasteiger partial charge on any atom is -0.465 e. The molecule has 1 aromatic heterocycles. The van der Waals surface area contributed by atoms with Gasteiger partial charge in [-0.05, 0) is 52.3 Å². The summed E-state index contributed by atoms with van der Waals surface area (Å²) in [6.07, 6.45) is -0.953. The van der Waals surface area contributed by atoms with E-state index in [-0.39, 0.29) is 12.4 Å². The number of benzene rings is 1. The number of aromatic nitrogens is 2.